The van der Waals surface area contributed by atoms with Gasteiger partial charge in [0.05, 0.1) is 0 Å². The van der Waals surface area contributed by atoms with Crippen molar-refractivity contribution in [2.24, 2.45) is 10.2 Å². The number of azo groups is 1. The quantitative estimate of drug-likeness (QED) is 0.699. The summed E-state index contributed by atoms with van der Waals surface area (Å²) in [7, 11) is 0. The van der Waals surface area contributed by atoms with Gasteiger partial charge in [-0.25, -0.2) is 0 Å². The highest BCUT2D eigenvalue weighted by atomic mass is 16.2. The number of carbonyl (C=O) groups excluding carboxylic acids is 1. The molecule has 15 heavy (non-hydrogen) atoms. The molecule has 0 aromatic carbocycles. The molecule has 0 saturated heterocycles. The van der Waals surface area contributed by atoms with Crippen LogP contribution in [0.3, 0.4) is 0 Å². The fourth-order valence-electron chi connectivity index (χ4n) is 1.27. The predicted molar refractivity (Wildman–Crippen MR) is 58.0 cm³/mol. The zero-order valence-electron chi connectivity index (χ0n) is 9.98. The summed E-state index contributed by atoms with van der Waals surface area (Å²) in [5.41, 5.74) is 0.498. The maximum atomic E-state index is 11.7. The molecule has 0 fully saturated rings. The van der Waals surface area contributed by atoms with Crippen molar-refractivity contribution >= 4 is 11.6 Å². The molecular formula is C10H19N4O+. The van der Waals surface area contributed by atoms with Crippen LogP contribution in [0.2, 0.25) is 0 Å². The number of amides is 1. The second-order valence-electron chi connectivity index (χ2n) is 4.32. The van der Waals surface area contributed by atoms with Gasteiger partial charge in [-0.3, -0.25) is 4.79 Å². The molecule has 1 aliphatic rings. The number of hydrogen-bond donors (Lipinski definition) is 1. The molecule has 1 heterocycles. The van der Waals surface area contributed by atoms with Crippen LogP contribution in [0.25, 0.3) is 0 Å². The Hall–Kier alpha value is -1.26. The average molecular weight is 211 g/mol. The van der Waals surface area contributed by atoms with Gasteiger partial charge in [0.2, 0.25) is 11.8 Å². The normalized spacial score (nSPS) is 20.6. The van der Waals surface area contributed by atoms with E-state index in [9.17, 15) is 4.79 Å². The Bertz CT molecular complexity index is 317. The molecule has 1 unspecified atom stereocenters. The molecule has 5 heteroatoms. The molecule has 5 nitrogen and oxygen atoms in total. The predicted octanol–water partition coefficient (Wildman–Crippen LogP) is 1.14. The average Bonchev–Trinajstić information content (AvgIpc) is 2.46. The highest BCUT2D eigenvalue weighted by molar-refractivity contribution is 6.40. The molecular weight excluding hydrogens is 192 g/mol. The molecule has 84 valence electrons. The number of carbonyl (C=O) groups is 1. The molecule has 1 rings (SSSR count). The molecule has 0 radical (unpaired) electrons. The van der Waals surface area contributed by atoms with Crippen LogP contribution < -0.4 is 5.32 Å². The summed E-state index contributed by atoms with van der Waals surface area (Å²) >= 11 is 0. The van der Waals surface area contributed by atoms with Crippen LogP contribution in [-0.4, -0.2) is 34.6 Å². The lowest BCUT2D eigenvalue weighted by Crippen LogP contribution is -2.39. The van der Waals surface area contributed by atoms with Crippen molar-refractivity contribution in [2.45, 2.75) is 52.7 Å². The SMILES string of the molecule is CC(C)NC(=O)C1=N[N+](C(C)C)=NC1C. The third kappa shape index (κ3) is 2.84. The van der Waals surface area contributed by atoms with Crippen molar-refractivity contribution in [1.82, 2.24) is 5.32 Å². The van der Waals surface area contributed by atoms with Crippen LogP contribution in [0.5, 0.6) is 0 Å². The molecule has 0 saturated carbocycles. The number of nitrogens with zero attached hydrogens (tertiary/aromatic N) is 3. The lowest BCUT2D eigenvalue weighted by molar-refractivity contribution is -0.623. The van der Waals surface area contributed by atoms with E-state index in [0.717, 1.165) is 0 Å². The van der Waals surface area contributed by atoms with Gasteiger partial charge in [0.25, 0.3) is 5.91 Å². The lowest BCUT2D eigenvalue weighted by atomic mass is 10.2. The second-order valence-corrected chi connectivity index (χ2v) is 4.32. The van der Waals surface area contributed by atoms with Crippen LogP contribution in [0, 0.1) is 0 Å². The molecule has 1 N–H and O–H groups in total. The number of hydrazone groups is 1. The minimum absolute atomic E-state index is 0.121. The third-order valence-corrected chi connectivity index (χ3v) is 2.01. The molecule has 0 aromatic rings. The minimum Gasteiger partial charge on any atom is -0.349 e. The fourth-order valence-corrected chi connectivity index (χ4v) is 1.27. The largest absolute Gasteiger partial charge is 0.349 e. The van der Waals surface area contributed by atoms with Crippen LogP contribution in [0.15, 0.2) is 10.2 Å². The van der Waals surface area contributed by atoms with Gasteiger partial charge < -0.3 is 5.32 Å². The van der Waals surface area contributed by atoms with Crippen molar-refractivity contribution in [3.05, 3.63) is 0 Å². The number of nitrogens with one attached hydrogen (secondary N) is 1. The van der Waals surface area contributed by atoms with E-state index in [0.29, 0.717) is 5.71 Å². The monoisotopic (exact) mass is 211 g/mol. The van der Waals surface area contributed by atoms with Crippen LogP contribution in [-0.2, 0) is 4.79 Å². The fraction of sp³-hybridized carbons (Fsp3) is 0.800. The minimum atomic E-state index is -0.147. The number of hydrogen-bond acceptors (Lipinski definition) is 3. The van der Waals surface area contributed by atoms with Gasteiger partial charge in [0.1, 0.15) is 0 Å². The van der Waals surface area contributed by atoms with Gasteiger partial charge in [0, 0.05) is 29.8 Å². The maximum Gasteiger partial charge on any atom is 0.274 e. The Labute approximate surface area is 90.3 Å². The Morgan fingerprint density at radius 1 is 1.40 bits per heavy atom. The summed E-state index contributed by atoms with van der Waals surface area (Å²) in [5, 5.41) is 11.3. The van der Waals surface area contributed by atoms with E-state index < -0.39 is 0 Å². The van der Waals surface area contributed by atoms with Gasteiger partial charge in [-0.1, -0.05) is 0 Å². The van der Waals surface area contributed by atoms with E-state index in [4.69, 9.17) is 0 Å². The van der Waals surface area contributed by atoms with Crippen molar-refractivity contribution in [3.8, 4) is 0 Å². The first-order valence-corrected chi connectivity index (χ1v) is 5.31. The zero-order chi connectivity index (χ0) is 11.6. The summed E-state index contributed by atoms with van der Waals surface area (Å²) in [6.45, 7) is 9.71. The van der Waals surface area contributed by atoms with Gasteiger partial charge in [-0.2, -0.15) is 0 Å². The first-order chi connectivity index (χ1) is 6.91. The lowest BCUT2D eigenvalue weighted by Gasteiger charge is -2.06. The second kappa shape index (κ2) is 4.51. The third-order valence-electron chi connectivity index (χ3n) is 2.01. The summed E-state index contributed by atoms with van der Waals surface area (Å²) < 4.78 is 0. The van der Waals surface area contributed by atoms with Gasteiger partial charge >= 0.3 is 0 Å². The van der Waals surface area contributed by atoms with Crippen molar-refractivity contribution in [3.63, 3.8) is 0 Å². The summed E-state index contributed by atoms with van der Waals surface area (Å²) in [4.78, 5) is 13.3. The topological polar surface area (TPSA) is 56.8 Å². The Morgan fingerprint density at radius 2 is 2.00 bits per heavy atom. The van der Waals surface area contributed by atoms with E-state index in [-0.39, 0.29) is 24.0 Å². The summed E-state index contributed by atoms with van der Waals surface area (Å²) in [6.07, 6.45) is 0. The smallest absolute Gasteiger partial charge is 0.274 e. The van der Waals surface area contributed by atoms with Gasteiger partial charge in [0.15, 0.2) is 6.04 Å². The van der Waals surface area contributed by atoms with Gasteiger partial charge in [-0.15, -0.1) is 0 Å². The van der Waals surface area contributed by atoms with E-state index in [1.54, 1.807) is 4.81 Å². The van der Waals surface area contributed by atoms with E-state index in [1.165, 1.54) is 0 Å². The highest BCUT2D eigenvalue weighted by Gasteiger charge is 2.33. The van der Waals surface area contributed by atoms with Gasteiger partial charge in [-0.05, 0) is 25.9 Å². The molecule has 0 aliphatic carbocycles. The molecule has 1 atom stereocenters. The molecule has 1 amide bonds. The van der Waals surface area contributed by atoms with Crippen molar-refractivity contribution < 1.29 is 9.60 Å². The summed E-state index contributed by atoms with van der Waals surface area (Å²) in [5.74, 6) is -0.121. The molecule has 0 aromatic heterocycles. The molecule has 0 bridgehead atoms. The Kier molecular flexibility index (Phi) is 3.55. The van der Waals surface area contributed by atoms with E-state index in [1.807, 2.05) is 34.6 Å². The first kappa shape index (κ1) is 11.8. The highest BCUT2D eigenvalue weighted by Crippen LogP contribution is 2.08. The standard InChI is InChI=1S/C10H18N4O/c1-6(2)11-10(15)9-8(5)12-14(13-9)7(3)4/h6-8H,1-5H3/p+1. The van der Waals surface area contributed by atoms with Crippen molar-refractivity contribution in [1.29, 1.82) is 0 Å². The molecule has 1 aliphatic heterocycles. The van der Waals surface area contributed by atoms with E-state index >= 15 is 0 Å². The maximum absolute atomic E-state index is 11.7. The molecule has 0 spiro atoms. The van der Waals surface area contributed by atoms with Crippen LogP contribution in [0.4, 0.5) is 0 Å². The number of rotatable bonds is 3. The van der Waals surface area contributed by atoms with Crippen LogP contribution in [0.1, 0.15) is 34.6 Å². The van der Waals surface area contributed by atoms with Crippen molar-refractivity contribution in [2.75, 3.05) is 0 Å². The first-order valence-electron chi connectivity index (χ1n) is 5.31. The summed E-state index contributed by atoms with van der Waals surface area (Å²) in [6, 6.07) is 0.170. The Balaban J connectivity index is 2.74. The van der Waals surface area contributed by atoms with Crippen LogP contribution >= 0.6 is 0 Å². The zero-order valence-corrected chi connectivity index (χ0v) is 9.98. The van der Waals surface area contributed by atoms with E-state index in [2.05, 4.69) is 15.5 Å². The Morgan fingerprint density at radius 3 is 2.40 bits per heavy atom.